The standard InChI is InChI=1S/C26H31FN2O4/c1-17-20-13-18(27)7-9-25(20)33-26(17)23(30)16-28-15-22(29-11-5-4-6-12-29)21-14-19(31-2)8-10-24(21)32-3/h7-10,13-14,22,28H,4-6,11-12,15-16H2,1-3H3. The summed E-state index contributed by atoms with van der Waals surface area (Å²) in [6.45, 7) is 4.48. The number of carbonyl (C=O) groups is 1. The molecular formula is C26H31FN2O4. The Morgan fingerprint density at radius 1 is 1.12 bits per heavy atom. The molecule has 6 nitrogen and oxygen atoms in total. The number of hydrogen-bond donors (Lipinski definition) is 1. The van der Waals surface area contributed by atoms with E-state index in [2.05, 4.69) is 10.2 Å². The summed E-state index contributed by atoms with van der Waals surface area (Å²) >= 11 is 0. The maximum Gasteiger partial charge on any atom is 0.212 e. The van der Waals surface area contributed by atoms with Crippen molar-refractivity contribution in [2.75, 3.05) is 40.4 Å². The number of aryl methyl sites for hydroxylation is 1. The Kier molecular flexibility index (Phi) is 7.30. The molecule has 1 fully saturated rings. The minimum atomic E-state index is -0.347. The maximum atomic E-state index is 13.6. The lowest BCUT2D eigenvalue weighted by atomic mass is 10.00. The lowest BCUT2D eigenvalue weighted by molar-refractivity contribution is 0.0958. The van der Waals surface area contributed by atoms with Gasteiger partial charge >= 0.3 is 0 Å². The second-order valence-corrected chi connectivity index (χ2v) is 8.47. The number of ether oxygens (including phenoxy) is 2. The van der Waals surface area contributed by atoms with Crippen LogP contribution in [-0.2, 0) is 0 Å². The number of methoxy groups -OCH3 is 2. The zero-order valence-electron chi connectivity index (χ0n) is 19.4. The molecule has 4 rings (SSSR count). The number of hydrogen-bond acceptors (Lipinski definition) is 6. The summed E-state index contributed by atoms with van der Waals surface area (Å²) in [5, 5.41) is 3.96. The average Bonchev–Trinajstić information content (AvgIpc) is 3.17. The average molecular weight is 455 g/mol. The number of Topliss-reactive ketones (excluding diaryl/α,β-unsaturated/α-hetero) is 1. The molecule has 0 aliphatic carbocycles. The molecule has 2 aromatic carbocycles. The molecule has 1 aliphatic rings. The van der Waals surface area contributed by atoms with Gasteiger partial charge in [0, 0.05) is 23.1 Å². The maximum absolute atomic E-state index is 13.6. The number of halogens is 1. The van der Waals surface area contributed by atoms with Crippen molar-refractivity contribution >= 4 is 16.8 Å². The summed E-state index contributed by atoms with van der Waals surface area (Å²) in [4.78, 5) is 15.4. The number of nitrogens with one attached hydrogen (secondary N) is 1. The fourth-order valence-corrected chi connectivity index (χ4v) is 4.63. The third-order valence-electron chi connectivity index (χ3n) is 6.40. The minimum absolute atomic E-state index is 0.0361. The van der Waals surface area contributed by atoms with Crippen molar-refractivity contribution in [3.8, 4) is 11.5 Å². The lowest BCUT2D eigenvalue weighted by Gasteiger charge is -2.35. The second-order valence-electron chi connectivity index (χ2n) is 8.47. The Balaban J connectivity index is 1.52. The van der Waals surface area contributed by atoms with E-state index < -0.39 is 0 Å². The van der Waals surface area contributed by atoms with Crippen LogP contribution in [0.15, 0.2) is 40.8 Å². The number of carbonyl (C=O) groups excluding carboxylic acids is 1. The molecule has 1 aromatic heterocycles. The molecule has 0 spiro atoms. The van der Waals surface area contributed by atoms with Crippen molar-refractivity contribution in [2.45, 2.75) is 32.2 Å². The Hall–Kier alpha value is -2.90. The van der Waals surface area contributed by atoms with E-state index in [0.717, 1.165) is 43.0 Å². The first-order valence-electron chi connectivity index (χ1n) is 11.4. The zero-order chi connectivity index (χ0) is 23.4. The van der Waals surface area contributed by atoms with Crippen molar-refractivity contribution < 1.29 is 23.1 Å². The molecule has 1 saturated heterocycles. The number of likely N-dealkylation sites (tertiary alicyclic amines) is 1. The van der Waals surface area contributed by atoms with Crippen LogP contribution in [0.1, 0.15) is 47.0 Å². The highest BCUT2D eigenvalue weighted by atomic mass is 19.1. The molecule has 33 heavy (non-hydrogen) atoms. The van der Waals surface area contributed by atoms with Crippen LogP contribution in [0.3, 0.4) is 0 Å². The molecule has 1 N–H and O–H groups in total. The van der Waals surface area contributed by atoms with Gasteiger partial charge in [0.1, 0.15) is 22.9 Å². The van der Waals surface area contributed by atoms with E-state index in [1.54, 1.807) is 27.2 Å². The molecule has 0 amide bonds. The van der Waals surface area contributed by atoms with Gasteiger partial charge in [-0.15, -0.1) is 0 Å². The monoisotopic (exact) mass is 454 g/mol. The van der Waals surface area contributed by atoms with Gasteiger partial charge in [0.05, 0.1) is 26.8 Å². The number of nitrogens with zero attached hydrogens (tertiary/aromatic N) is 1. The summed E-state index contributed by atoms with van der Waals surface area (Å²) in [7, 11) is 3.32. The van der Waals surface area contributed by atoms with Gasteiger partial charge in [-0.2, -0.15) is 0 Å². The Bertz CT molecular complexity index is 1120. The van der Waals surface area contributed by atoms with E-state index in [0.29, 0.717) is 23.1 Å². The van der Waals surface area contributed by atoms with Crippen LogP contribution in [0.25, 0.3) is 11.0 Å². The normalized spacial score (nSPS) is 15.5. The SMILES string of the molecule is COc1ccc(OC)c(C(CNCC(=O)c2oc3ccc(F)cc3c2C)N2CCCCC2)c1. The molecule has 7 heteroatoms. The van der Waals surface area contributed by atoms with Gasteiger partial charge in [-0.05, 0) is 69.3 Å². The van der Waals surface area contributed by atoms with Crippen LogP contribution in [0.4, 0.5) is 4.39 Å². The number of benzene rings is 2. The molecule has 0 saturated carbocycles. The molecule has 1 unspecified atom stereocenters. The van der Waals surface area contributed by atoms with Crippen molar-refractivity contribution in [3.63, 3.8) is 0 Å². The molecule has 2 heterocycles. The summed E-state index contributed by atoms with van der Waals surface area (Å²) < 4.78 is 30.5. The third-order valence-corrected chi connectivity index (χ3v) is 6.40. The first-order chi connectivity index (χ1) is 16.0. The van der Waals surface area contributed by atoms with E-state index in [-0.39, 0.29) is 29.9 Å². The van der Waals surface area contributed by atoms with Gasteiger partial charge in [0.25, 0.3) is 0 Å². The highest BCUT2D eigenvalue weighted by Crippen LogP contribution is 2.34. The molecule has 1 aliphatic heterocycles. The van der Waals surface area contributed by atoms with E-state index in [4.69, 9.17) is 13.9 Å². The van der Waals surface area contributed by atoms with E-state index in [1.165, 1.54) is 18.6 Å². The van der Waals surface area contributed by atoms with Gasteiger partial charge in [0.2, 0.25) is 5.78 Å². The molecule has 1 atom stereocenters. The number of furan rings is 1. The number of fused-ring (bicyclic) bond motifs is 1. The van der Waals surface area contributed by atoms with Gasteiger partial charge in [0.15, 0.2) is 5.76 Å². The van der Waals surface area contributed by atoms with Crippen molar-refractivity contribution in [1.82, 2.24) is 10.2 Å². The minimum Gasteiger partial charge on any atom is -0.497 e. The first kappa shape index (κ1) is 23.3. The van der Waals surface area contributed by atoms with E-state index in [1.807, 2.05) is 18.2 Å². The largest absolute Gasteiger partial charge is 0.497 e. The summed E-state index contributed by atoms with van der Waals surface area (Å²) in [6, 6.07) is 10.2. The lowest BCUT2D eigenvalue weighted by Crippen LogP contribution is -2.40. The van der Waals surface area contributed by atoms with Gasteiger partial charge in [-0.3, -0.25) is 9.69 Å². The predicted molar refractivity (Wildman–Crippen MR) is 126 cm³/mol. The highest BCUT2D eigenvalue weighted by Gasteiger charge is 2.26. The Morgan fingerprint density at radius 3 is 2.64 bits per heavy atom. The fourth-order valence-electron chi connectivity index (χ4n) is 4.63. The smallest absolute Gasteiger partial charge is 0.212 e. The first-order valence-corrected chi connectivity index (χ1v) is 11.4. The van der Waals surface area contributed by atoms with Crippen LogP contribution < -0.4 is 14.8 Å². The van der Waals surface area contributed by atoms with Gasteiger partial charge in [-0.1, -0.05) is 6.42 Å². The Labute approximate surface area is 193 Å². The van der Waals surface area contributed by atoms with Gasteiger partial charge < -0.3 is 19.2 Å². The van der Waals surface area contributed by atoms with Crippen LogP contribution in [0.2, 0.25) is 0 Å². The van der Waals surface area contributed by atoms with Gasteiger partial charge in [-0.25, -0.2) is 4.39 Å². The summed E-state index contributed by atoms with van der Waals surface area (Å²) in [6.07, 6.45) is 3.53. The van der Waals surface area contributed by atoms with Crippen LogP contribution in [0.5, 0.6) is 11.5 Å². The predicted octanol–water partition coefficient (Wildman–Crippen LogP) is 4.90. The molecule has 176 valence electrons. The number of rotatable bonds is 9. The fraction of sp³-hybridized carbons (Fsp3) is 0.423. The van der Waals surface area contributed by atoms with Crippen LogP contribution in [0, 0.1) is 12.7 Å². The van der Waals surface area contributed by atoms with Crippen LogP contribution in [-0.4, -0.2) is 51.1 Å². The van der Waals surface area contributed by atoms with Crippen LogP contribution >= 0.6 is 0 Å². The zero-order valence-corrected chi connectivity index (χ0v) is 19.4. The third kappa shape index (κ3) is 5.04. The summed E-state index contributed by atoms with van der Waals surface area (Å²) in [5.41, 5.74) is 2.22. The second kappa shape index (κ2) is 10.4. The number of piperidine rings is 1. The van der Waals surface area contributed by atoms with E-state index in [9.17, 15) is 9.18 Å². The summed E-state index contributed by atoms with van der Waals surface area (Å²) in [5.74, 6) is 1.35. The van der Waals surface area contributed by atoms with Crippen molar-refractivity contribution in [2.24, 2.45) is 0 Å². The molecule has 0 bridgehead atoms. The molecule has 0 radical (unpaired) electrons. The number of ketones is 1. The van der Waals surface area contributed by atoms with Crippen molar-refractivity contribution in [3.05, 3.63) is 59.1 Å². The Morgan fingerprint density at radius 2 is 1.91 bits per heavy atom. The molecule has 3 aromatic rings. The molecular weight excluding hydrogens is 423 g/mol. The topological polar surface area (TPSA) is 63.9 Å². The quantitative estimate of drug-likeness (QED) is 0.464. The highest BCUT2D eigenvalue weighted by molar-refractivity contribution is 6.01. The van der Waals surface area contributed by atoms with E-state index >= 15 is 0 Å². The van der Waals surface area contributed by atoms with Crippen molar-refractivity contribution in [1.29, 1.82) is 0 Å².